The predicted molar refractivity (Wildman–Crippen MR) is 144 cm³/mol. The SMILES string of the molecule is C=CCN1C2CCC1CN(C(c1ccc(C(=O)NC3CCCC3)cc1)c1cccc(CC)c1)CC2. The number of carbonyl (C=O) groups excluding carboxylic acids is 1. The Balaban J connectivity index is 1.42. The molecule has 0 aromatic heterocycles. The number of nitrogens with zero attached hydrogens (tertiary/aromatic N) is 2. The molecular weight excluding hydrogens is 430 g/mol. The molecule has 3 atom stereocenters. The van der Waals surface area contributed by atoms with Crippen molar-refractivity contribution in [2.75, 3.05) is 19.6 Å². The Labute approximate surface area is 211 Å². The maximum absolute atomic E-state index is 12.8. The molecule has 35 heavy (non-hydrogen) atoms. The van der Waals surface area contributed by atoms with Crippen molar-refractivity contribution >= 4 is 5.91 Å². The van der Waals surface area contributed by atoms with E-state index in [0.29, 0.717) is 18.1 Å². The Bertz CT molecular complexity index is 1010. The van der Waals surface area contributed by atoms with Gasteiger partial charge in [-0.15, -0.1) is 6.58 Å². The third kappa shape index (κ3) is 5.39. The zero-order valence-corrected chi connectivity index (χ0v) is 21.3. The minimum absolute atomic E-state index is 0.0696. The summed E-state index contributed by atoms with van der Waals surface area (Å²) in [5.41, 5.74) is 4.79. The van der Waals surface area contributed by atoms with Crippen LogP contribution in [0.1, 0.15) is 85.0 Å². The number of carbonyl (C=O) groups is 1. The van der Waals surface area contributed by atoms with Gasteiger partial charge >= 0.3 is 0 Å². The monoisotopic (exact) mass is 471 g/mol. The molecular formula is C31H41N3O. The first-order chi connectivity index (χ1) is 17.2. The number of hydrogen-bond donors (Lipinski definition) is 1. The summed E-state index contributed by atoms with van der Waals surface area (Å²) >= 11 is 0. The van der Waals surface area contributed by atoms with E-state index in [4.69, 9.17) is 0 Å². The fourth-order valence-electron chi connectivity index (χ4n) is 6.63. The van der Waals surface area contributed by atoms with Crippen molar-refractivity contribution in [1.82, 2.24) is 15.1 Å². The van der Waals surface area contributed by atoms with Crippen molar-refractivity contribution in [2.45, 2.75) is 82.5 Å². The molecule has 1 N–H and O–H groups in total. The molecule has 4 heteroatoms. The number of hydrogen-bond acceptors (Lipinski definition) is 3. The molecule has 2 heterocycles. The molecule has 2 bridgehead atoms. The average Bonchev–Trinajstić information content (AvgIpc) is 3.48. The van der Waals surface area contributed by atoms with Crippen LogP contribution in [0.3, 0.4) is 0 Å². The van der Waals surface area contributed by atoms with Crippen LogP contribution in [0.4, 0.5) is 0 Å². The van der Waals surface area contributed by atoms with Crippen LogP contribution < -0.4 is 5.32 Å². The molecule has 1 saturated carbocycles. The first kappa shape index (κ1) is 24.3. The van der Waals surface area contributed by atoms with Crippen LogP contribution in [-0.2, 0) is 6.42 Å². The van der Waals surface area contributed by atoms with Gasteiger partial charge in [0.15, 0.2) is 0 Å². The van der Waals surface area contributed by atoms with Gasteiger partial charge in [0.05, 0.1) is 6.04 Å². The number of aryl methyl sites for hydroxylation is 1. The maximum Gasteiger partial charge on any atom is 0.251 e. The van der Waals surface area contributed by atoms with E-state index in [2.05, 4.69) is 71.1 Å². The Kier molecular flexibility index (Phi) is 7.69. The summed E-state index contributed by atoms with van der Waals surface area (Å²) < 4.78 is 0. The molecule has 186 valence electrons. The van der Waals surface area contributed by atoms with Crippen molar-refractivity contribution < 1.29 is 4.79 Å². The summed E-state index contributed by atoms with van der Waals surface area (Å²) in [6, 6.07) is 19.4. The van der Waals surface area contributed by atoms with E-state index in [-0.39, 0.29) is 11.9 Å². The van der Waals surface area contributed by atoms with E-state index in [1.807, 2.05) is 12.1 Å². The highest BCUT2D eigenvalue weighted by molar-refractivity contribution is 5.94. The summed E-state index contributed by atoms with van der Waals surface area (Å²) in [4.78, 5) is 18.2. The summed E-state index contributed by atoms with van der Waals surface area (Å²) in [6.45, 7) is 9.41. The molecule has 1 amide bonds. The minimum atomic E-state index is 0.0696. The number of likely N-dealkylation sites (tertiary alicyclic amines) is 1. The molecule has 0 spiro atoms. The van der Waals surface area contributed by atoms with Crippen LogP contribution in [0, 0.1) is 0 Å². The second kappa shape index (κ2) is 11.1. The van der Waals surface area contributed by atoms with Gasteiger partial charge in [0, 0.05) is 43.3 Å². The fourth-order valence-corrected chi connectivity index (χ4v) is 6.63. The van der Waals surface area contributed by atoms with Crippen molar-refractivity contribution in [3.05, 3.63) is 83.4 Å². The molecule has 3 aliphatic rings. The Morgan fingerprint density at radius 3 is 2.54 bits per heavy atom. The van der Waals surface area contributed by atoms with Crippen LogP contribution in [0.25, 0.3) is 0 Å². The fraction of sp³-hybridized carbons (Fsp3) is 0.516. The molecule has 0 radical (unpaired) electrons. The van der Waals surface area contributed by atoms with Crippen LogP contribution in [0.5, 0.6) is 0 Å². The molecule has 2 aromatic rings. The summed E-state index contributed by atoms with van der Waals surface area (Å²) in [6.07, 6.45) is 11.6. The number of nitrogens with one attached hydrogen (secondary N) is 1. The first-order valence-corrected chi connectivity index (χ1v) is 13.8. The van der Waals surface area contributed by atoms with Gasteiger partial charge in [0.2, 0.25) is 0 Å². The van der Waals surface area contributed by atoms with Crippen molar-refractivity contribution in [3.8, 4) is 0 Å². The van der Waals surface area contributed by atoms with Crippen LogP contribution >= 0.6 is 0 Å². The minimum Gasteiger partial charge on any atom is -0.349 e. The van der Waals surface area contributed by atoms with Gasteiger partial charge in [-0.05, 0) is 67.3 Å². The van der Waals surface area contributed by atoms with E-state index in [9.17, 15) is 4.79 Å². The third-order valence-electron chi connectivity index (χ3n) is 8.53. The van der Waals surface area contributed by atoms with Gasteiger partial charge in [0.1, 0.15) is 0 Å². The Morgan fingerprint density at radius 2 is 1.80 bits per heavy atom. The van der Waals surface area contributed by atoms with Crippen molar-refractivity contribution in [1.29, 1.82) is 0 Å². The van der Waals surface area contributed by atoms with Gasteiger partial charge in [-0.2, -0.15) is 0 Å². The quantitative estimate of drug-likeness (QED) is 0.499. The lowest BCUT2D eigenvalue weighted by Gasteiger charge is -2.34. The second-order valence-electron chi connectivity index (χ2n) is 10.7. The number of rotatable bonds is 8. The van der Waals surface area contributed by atoms with Gasteiger partial charge in [-0.1, -0.05) is 62.2 Å². The zero-order valence-electron chi connectivity index (χ0n) is 21.3. The van der Waals surface area contributed by atoms with Gasteiger partial charge < -0.3 is 5.32 Å². The van der Waals surface area contributed by atoms with Crippen LogP contribution in [0.15, 0.2) is 61.2 Å². The molecule has 4 nitrogen and oxygen atoms in total. The maximum atomic E-state index is 12.8. The van der Waals surface area contributed by atoms with Crippen molar-refractivity contribution in [3.63, 3.8) is 0 Å². The van der Waals surface area contributed by atoms with E-state index in [1.54, 1.807) is 0 Å². The number of amides is 1. The second-order valence-corrected chi connectivity index (χ2v) is 10.7. The summed E-state index contributed by atoms with van der Waals surface area (Å²) in [7, 11) is 0. The summed E-state index contributed by atoms with van der Waals surface area (Å²) in [5.74, 6) is 0.0696. The highest BCUT2D eigenvalue weighted by atomic mass is 16.1. The van der Waals surface area contributed by atoms with E-state index < -0.39 is 0 Å². The lowest BCUT2D eigenvalue weighted by molar-refractivity contribution is 0.0938. The Hall–Kier alpha value is -2.43. The van der Waals surface area contributed by atoms with Crippen molar-refractivity contribution in [2.24, 2.45) is 0 Å². The molecule has 3 unspecified atom stereocenters. The number of fused-ring (bicyclic) bond motifs is 2. The van der Waals surface area contributed by atoms with Gasteiger partial charge in [0.25, 0.3) is 5.91 Å². The van der Waals surface area contributed by atoms with Crippen LogP contribution in [-0.4, -0.2) is 53.5 Å². The topological polar surface area (TPSA) is 35.6 Å². The van der Waals surface area contributed by atoms with Crippen LogP contribution in [0.2, 0.25) is 0 Å². The highest BCUT2D eigenvalue weighted by Crippen LogP contribution is 2.36. The molecule has 5 rings (SSSR count). The first-order valence-electron chi connectivity index (χ1n) is 13.8. The lowest BCUT2D eigenvalue weighted by atomic mass is 9.93. The lowest BCUT2D eigenvalue weighted by Crippen LogP contribution is -2.40. The normalized spacial score (nSPS) is 24.3. The highest BCUT2D eigenvalue weighted by Gasteiger charge is 2.38. The average molecular weight is 472 g/mol. The molecule has 3 fully saturated rings. The molecule has 1 aliphatic carbocycles. The standard InChI is InChI=1S/C31H41N3O/c1-3-19-34-28-16-17-29(34)22-33(20-18-28)30(26-9-7-8-23(4-2)21-26)24-12-14-25(15-13-24)31(35)32-27-10-5-6-11-27/h3,7-9,12-15,21,27-30H,1,4-6,10-11,16-20,22H2,2H3,(H,32,35). The third-order valence-corrected chi connectivity index (χ3v) is 8.53. The zero-order chi connectivity index (χ0) is 24.2. The molecule has 2 saturated heterocycles. The van der Waals surface area contributed by atoms with E-state index in [0.717, 1.165) is 44.5 Å². The van der Waals surface area contributed by atoms with Gasteiger partial charge in [-0.25, -0.2) is 0 Å². The Morgan fingerprint density at radius 1 is 1.03 bits per heavy atom. The molecule has 2 aliphatic heterocycles. The van der Waals surface area contributed by atoms with E-state index in [1.165, 1.54) is 48.8 Å². The van der Waals surface area contributed by atoms with Gasteiger partial charge in [-0.3, -0.25) is 14.6 Å². The van der Waals surface area contributed by atoms with E-state index >= 15 is 0 Å². The summed E-state index contributed by atoms with van der Waals surface area (Å²) in [5, 5.41) is 3.23. The largest absolute Gasteiger partial charge is 0.349 e. The number of benzene rings is 2. The molecule has 2 aromatic carbocycles. The predicted octanol–water partition coefficient (Wildman–Crippen LogP) is 5.74. The smallest absolute Gasteiger partial charge is 0.251 e.